The molecule has 146 valence electrons. The predicted molar refractivity (Wildman–Crippen MR) is 104 cm³/mol. The third kappa shape index (κ3) is 5.07. The number of ether oxygens (including phenoxy) is 1. The summed E-state index contributed by atoms with van der Waals surface area (Å²) in [5.41, 5.74) is 1.74. The molecule has 1 heterocycles. The van der Waals surface area contributed by atoms with Crippen LogP contribution in [0.5, 0.6) is 5.75 Å². The molecule has 3 rings (SSSR count). The Morgan fingerprint density at radius 3 is 2.61 bits per heavy atom. The SMILES string of the molecule is COc1ccc(-n2nnnc2S[C@H](C)C(=O)NCCc2ccc(F)cc2)cc1. The van der Waals surface area contributed by atoms with Gasteiger partial charge in [-0.2, -0.15) is 4.68 Å². The van der Waals surface area contributed by atoms with Crippen molar-refractivity contribution in [2.45, 2.75) is 23.8 Å². The molecular weight excluding hydrogens is 381 g/mol. The fourth-order valence-electron chi connectivity index (χ4n) is 2.47. The van der Waals surface area contributed by atoms with E-state index in [-0.39, 0.29) is 17.0 Å². The van der Waals surface area contributed by atoms with Gasteiger partial charge in [-0.25, -0.2) is 4.39 Å². The van der Waals surface area contributed by atoms with Crippen LogP contribution in [0.15, 0.2) is 53.7 Å². The molecule has 0 saturated carbocycles. The first kappa shape index (κ1) is 19.8. The Bertz CT molecular complexity index is 915. The van der Waals surface area contributed by atoms with Crippen LogP contribution in [0.1, 0.15) is 12.5 Å². The van der Waals surface area contributed by atoms with E-state index in [4.69, 9.17) is 4.74 Å². The number of thioether (sulfide) groups is 1. The molecule has 7 nitrogen and oxygen atoms in total. The third-order valence-electron chi connectivity index (χ3n) is 4.04. The molecule has 0 bridgehead atoms. The van der Waals surface area contributed by atoms with E-state index in [1.165, 1.54) is 23.9 Å². The minimum Gasteiger partial charge on any atom is -0.497 e. The van der Waals surface area contributed by atoms with Gasteiger partial charge in [0.25, 0.3) is 0 Å². The van der Waals surface area contributed by atoms with Crippen molar-refractivity contribution in [2.75, 3.05) is 13.7 Å². The zero-order valence-electron chi connectivity index (χ0n) is 15.5. The quantitative estimate of drug-likeness (QED) is 0.585. The zero-order chi connectivity index (χ0) is 19.9. The number of benzene rings is 2. The Kier molecular flexibility index (Phi) is 6.59. The maximum absolute atomic E-state index is 12.9. The number of rotatable bonds is 8. The van der Waals surface area contributed by atoms with Crippen molar-refractivity contribution in [3.05, 3.63) is 59.9 Å². The van der Waals surface area contributed by atoms with Gasteiger partial charge in [-0.15, -0.1) is 5.10 Å². The van der Waals surface area contributed by atoms with Crippen LogP contribution in [0, 0.1) is 5.82 Å². The maximum Gasteiger partial charge on any atom is 0.233 e. The summed E-state index contributed by atoms with van der Waals surface area (Å²) in [7, 11) is 1.60. The van der Waals surface area contributed by atoms with Crippen LogP contribution in [-0.2, 0) is 11.2 Å². The number of nitrogens with zero attached hydrogens (tertiary/aromatic N) is 4. The van der Waals surface area contributed by atoms with Crippen molar-refractivity contribution in [3.8, 4) is 11.4 Å². The average molecular weight is 401 g/mol. The summed E-state index contributed by atoms with van der Waals surface area (Å²) >= 11 is 1.27. The lowest BCUT2D eigenvalue weighted by molar-refractivity contribution is -0.120. The van der Waals surface area contributed by atoms with Gasteiger partial charge in [0, 0.05) is 6.54 Å². The first-order valence-electron chi connectivity index (χ1n) is 8.68. The fourth-order valence-corrected chi connectivity index (χ4v) is 3.31. The Hall–Kier alpha value is -2.94. The van der Waals surface area contributed by atoms with Crippen LogP contribution in [0.25, 0.3) is 5.69 Å². The number of amides is 1. The highest BCUT2D eigenvalue weighted by Gasteiger charge is 2.19. The zero-order valence-corrected chi connectivity index (χ0v) is 16.3. The topological polar surface area (TPSA) is 81.9 Å². The molecule has 2 aromatic carbocycles. The summed E-state index contributed by atoms with van der Waals surface area (Å²) in [6.07, 6.45) is 0.632. The highest BCUT2D eigenvalue weighted by Crippen LogP contribution is 2.24. The number of nitrogens with one attached hydrogen (secondary N) is 1. The molecule has 9 heteroatoms. The molecule has 0 saturated heterocycles. The number of hydrogen-bond donors (Lipinski definition) is 1. The summed E-state index contributed by atoms with van der Waals surface area (Å²) in [5, 5.41) is 14.7. The van der Waals surface area contributed by atoms with Gasteiger partial charge >= 0.3 is 0 Å². The Morgan fingerprint density at radius 2 is 1.93 bits per heavy atom. The van der Waals surface area contributed by atoms with Crippen molar-refractivity contribution in [2.24, 2.45) is 0 Å². The number of tetrazole rings is 1. The molecule has 0 spiro atoms. The van der Waals surface area contributed by atoms with Gasteiger partial charge in [-0.3, -0.25) is 4.79 Å². The second-order valence-corrected chi connectivity index (χ2v) is 7.31. The van der Waals surface area contributed by atoms with E-state index in [0.29, 0.717) is 18.1 Å². The van der Waals surface area contributed by atoms with Gasteiger partial charge < -0.3 is 10.1 Å². The molecule has 0 radical (unpaired) electrons. The molecule has 3 aromatic rings. The van der Waals surface area contributed by atoms with Crippen molar-refractivity contribution in [1.82, 2.24) is 25.5 Å². The molecule has 1 atom stereocenters. The van der Waals surface area contributed by atoms with Gasteiger partial charge in [0.15, 0.2) is 0 Å². The molecule has 1 N–H and O–H groups in total. The lowest BCUT2D eigenvalue weighted by Gasteiger charge is -2.12. The predicted octanol–water partition coefficient (Wildman–Crippen LogP) is 2.65. The van der Waals surface area contributed by atoms with Crippen LogP contribution in [-0.4, -0.2) is 45.0 Å². The number of hydrogen-bond acceptors (Lipinski definition) is 6. The maximum atomic E-state index is 12.9. The Balaban J connectivity index is 1.55. The molecule has 0 unspecified atom stereocenters. The van der Waals surface area contributed by atoms with Gasteiger partial charge in [0.05, 0.1) is 18.0 Å². The lowest BCUT2D eigenvalue weighted by Crippen LogP contribution is -2.32. The monoisotopic (exact) mass is 401 g/mol. The van der Waals surface area contributed by atoms with E-state index in [1.807, 2.05) is 24.3 Å². The number of carbonyl (C=O) groups excluding carboxylic acids is 1. The van der Waals surface area contributed by atoms with Crippen LogP contribution in [0.2, 0.25) is 0 Å². The van der Waals surface area contributed by atoms with Crippen molar-refractivity contribution >= 4 is 17.7 Å². The van der Waals surface area contributed by atoms with E-state index in [1.54, 1.807) is 30.8 Å². The third-order valence-corrected chi connectivity index (χ3v) is 5.07. The highest BCUT2D eigenvalue weighted by atomic mass is 32.2. The molecule has 0 aliphatic carbocycles. The average Bonchev–Trinajstić information content (AvgIpc) is 3.17. The summed E-state index contributed by atoms with van der Waals surface area (Å²) < 4.78 is 19.6. The molecule has 1 aromatic heterocycles. The minimum absolute atomic E-state index is 0.114. The first-order chi connectivity index (χ1) is 13.6. The van der Waals surface area contributed by atoms with Gasteiger partial charge in [-0.05, 0) is 65.7 Å². The van der Waals surface area contributed by atoms with Crippen molar-refractivity contribution in [3.63, 3.8) is 0 Å². The lowest BCUT2D eigenvalue weighted by atomic mass is 10.1. The van der Waals surface area contributed by atoms with Gasteiger partial charge in [0.2, 0.25) is 11.1 Å². The van der Waals surface area contributed by atoms with E-state index in [0.717, 1.165) is 17.0 Å². The van der Waals surface area contributed by atoms with Crippen molar-refractivity contribution < 1.29 is 13.9 Å². The summed E-state index contributed by atoms with van der Waals surface area (Å²) in [4.78, 5) is 12.4. The molecule has 0 aliphatic rings. The number of halogens is 1. The number of aromatic nitrogens is 4. The van der Waals surface area contributed by atoms with Gasteiger partial charge in [-0.1, -0.05) is 23.9 Å². The molecule has 28 heavy (non-hydrogen) atoms. The first-order valence-corrected chi connectivity index (χ1v) is 9.56. The largest absolute Gasteiger partial charge is 0.497 e. The van der Waals surface area contributed by atoms with E-state index in [9.17, 15) is 9.18 Å². The Morgan fingerprint density at radius 1 is 1.21 bits per heavy atom. The van der Waals surface area contributed by atoms with Gasteiger partial charge in [0.1, 0.15) is 11.6 Å². The standard InChI is InChI=1S/C19H20FN5O2S/c1-13(18(26)21-12-11-14-3-5-15(20)6-4-14)28-19-22-23-24-25(19)16-7-9-17(27-2)10-8-16/h3-10,13H,11-12H2,1-2H3,(H,21,26)/t13-/m1/s1. The van der Waals surface area contributed by atoms with Crippen LogP contribution < -0.4 is 10.1 Å². The minimum atomic E-state index is -0.379. The van der Waals surface area contributed by atoms with E-state index >= 15 is 0 Å². The number of methoxy groups -OCH3 is 1. The van der Waals surface area contributed by atoms with E-state index < -0.39 is 0 Å². The summed E-state index contributed by atoms with van der Waals surface area (Å²) in [6, 6.07) is 13.6. The number of carbonyl (C=O) groups is 1. The fraction of sp³-hybridized carbons (Fsp3) is 0.263. The van der Waals surface area contributed by atoms with Crippen LogP contribution in [0.4, 0.5) is 4.39 Å². The van der Waals surface area contributed by atoms with Crippen LogP contribution in [0.3, 0.4) is 0 Å². The van der Waals surface area contributed by atoms with Crippen molar-refractivity contribution in [1.29, 1.82) is 0 Å². The Labute approximate surface area is 166 Å². The second kappa shape index (κ2) is 9.32. The molecule has 0 fully saturated rings. The van der Waals surface area contributed by atoms with Crippen LogP contribution >= 0.6 is 11.8 Å². The molecule has 0 aliphatic heterocycles. The molecular formula is C19H20FN5O2S. The summed E-state index contributed by atoms with van der Waals surface area (Å²) in [6.45, 7) is 2.27. The smallest absolute Gasteiger partial charge is 0.233 e. The van der Waals surface area contributed by atoms with E-state index in [2.05, 4.69) is 20.8 Å². The summed E-state index contributed by atoms with van der Waals surface area (Å²) in [5.74, 6) is 0.351. The second-order valence-electron chi connectivity index (χ2n) is 6.00. The highest BCUT2D eigenvalue weighted by molar-refractivity contribution is 8.00. The normalized spacial score (nSPS) is 11.8. The molecule has 1 amide bonds.